The number of anilines is 2. The molecule has 1 amide bonds. The lowest BCUT2D eigenvalue weighted by Gasteiger charge is -2.38. The van der Waals surface area contributed by atoms with Gasteiger partial charge in [-0.25, -0.2) is 4.98 Å². The Bertz CT molecular complexity index is 1340. The Morgan fingerprint density at radius 1 is 1.22 bits per heavy atom. The molecule has 3 aliphatic rings. The highest BCUT2D eigenvalue weighted by atomic mass is 32.1. The number of nitrogens with two attached hydrogens (primary N) is 1. The van der Waals surface area contributed by atoms with Crippen molar-refractivity contribution in [2.45, 2.75) is 63.0 Å². The number of fused-ring (bicyclic) bond motifs is 3. The van der Waals surface area contributed by atoms with Gasteiger partial charge in [0.2, 0.25) is 11.5 Å². The molecule has 6 rings (SSSR count). The molecule has 1 atom stereocenters. The zero-order chi connectivity index (χ0) is 25.4. The maximum absolute atomic E-state index is 11.8. The zero-order valence-corrected chi connectivity index (χ0v) is 21.6. The first-order valence-corrected chi connectivity index (χ1v) is 14.0. The summed E-state index contributed by atoms with van der Waals surface area (Å²) in [6, 6.07) is 7.52. The molecule has 0 radical (unpaired) electrons. The molecule has 1 aliphatic heterocycles. The molecular formula is C27H33N5O4S. The van der Waals surface area contributed by atoms with E-state index in [9.17, 15) is 9.59 Å². The third-order valence-electron chi connectivity index (χ3n) is 7.85. The highest BCUT2D eigenvalue weighted by molar-refractivity contribution is 7.19. The number of rotatable bonds is 7. The minimum Gasteiger partial charge on any atom is -0.490 e. The van der Waals surface area contributed by atoms with Crippen molar-refractivity contribution < 1.29 is 14.3 Å². The number of morpholine rings is 1. The molecule has 0 aromatic carbocycles. The molecule has 2 aliphatic carbocycles. The van der Waals surface area contributed by atoms with Crippen LogP contribution in [0.1, 0.15) is 54.9 Å². The number of hydrogen-bond acceptors (Lipinski definition) is 8. The molecule has 0 bridgehead atoms. The Balaban J connectivity index is 1.29. The van der Waals surface area contributed by atoms with E-state index in [4.69, 9.17) is 20.2 Å². The quantitative estimate of drug-likeness (QED) is 0.432. The van der Waals surface area contributed by atoms with Crippen molar-refractivity contribution in [1.29, 1.82) is 0 Å². The fourth-order valence-electron chi connectivity index (χ4n) is 6.11. The van der Waals surface area contributed by atoms with Crippen LogP contribution in [-0.2, 0) is 16.0 Å². The van der Waals surface area contributed by atoms with Gasteiger partial charge in [-0.1, -0.05) is 6.07 Å². The zero-order valence-electron chi connectivity index (χ0n) is 20.8. The predicted octanol–water partition coefficient (Wildman–Crippen LogP) is 3.66. The molecule has 0 spiro atoms. The average Bonchev–Trinajstić information content (AvgIpc) is 3.44. The van der Waals surface area contributed by atoms with Crippen LogP contribution in [0.25, 0.3) is 10.2 Å². The minimum absolute atomic E-state index is 0.103. The summed E-state index contributed by atoms with van der Waals surface area (Å²) in [5, 5.41) is 4.26. The second-order valence-corrected chi connectivity index (χ2v) is 11.4. The number of aromatic nitrogens is 2. The number of thiophene rings is 1. The summed E-state index contributed by atoms with van der Waals surface area (Å²) >= 11 is 1.67. The van der Waals surface area contributed by atoms with Crippen LogP contribution < -0.4 is 21.3 Å². The summed E-state index contributed by atoms with van der Waals surface area (Å²) in [4.78, 5) is 36.0. The van der Waals surface area contributed by atoms with Crippen LogP contribution in [0.2, 0.25) is 0 Å². The molecule has 0 unspecified atom stereocenters. The van der Waals surface area contributed by atoms with Crippen LogP contribution in [0.15, 0.2) is 29.1 Å². The van der Waals surface area contributed by atoms with Gasteiger partial charge in [0.05, 0.1) is 24.7 Å². The Morgan fingerprint density at radius 2 is 2.03 bits per heavy atom. The summed E-state index contributed by atoms with van der Waals surface area (Å²) in [5.74, 6) is 1.83. The molecule has 4 heterocycles. The maximum atomic E-state index is 11.8. The third-order valence-corrected chi connectivity index (χ3v) is 9.01. The van der Waals surface area contributed by atoms with Gasteiger partial charge in [0.1, 0.15) is 22.2 Å². The van der Waals surface area contributed by atoms with Crippen LogP contribution in [0, 0.1) is 0 Å². The van der Waals surface area contributed by atoms with Crippen molar-refractivity contribution in [2.24, 2.45) is 5.73 Å². The van der Waals surface area contributed by atoms with Crippen molar-refractivity contribution >= 4 is 39.1 Å². The predicted molar refractivity (Wildman–Crippen MR) is 144 cm³/mol. The normalized spacial score (nSPS) is 24.2. The molecule has 196 valence electrons. The standard InChI is InChI=1S/C27H33N5O4S/c28-21(33)14-16-4-9-20-25(16)26-19(36-18-7-5-17(6-8-18)32-10-12-35-13-11-32)15-23(31-27(26)37-20)29-22-2-1-3-24(34)30-22/h1-3,15-18H,4-14H2,(H2,28,33)(H2,29,30,31,34)/t16-,17?,18?/m1/s1. The number of nitrogens with zero attached hydrogens (tertiary/aromatic N) is 2. The van der Waals surface area contributed by atoms with Crippen LogP contribution in [0.4, 0.5) is 11.6 Å². The number of carbonyl (C=O) groups excluding carboxylic acids is 1. The van der Waals surface area contributed by atoms with E-state index in [1.165, 1.54) is 16.5 Å². The fourth-order valence-corrected chi connectivity index (χ4v) is 7.40. The van der Waals surface area contributed by atoms with E-state index in [0.29, 0.717) is 24.1 Å². The van der Waals surface area contributed by atoms with E-state index in [-0.39, 0.29) is 23.5 Å². The van der Waals surface area contributed by atoms with Crippen molar-refractivity contribution in [2.75, 3.05) is 31.6 Å². The van der Waals surface area contributed by atoms with Gasteiger partial charge in [0.15, 0.2) is 0 Å². The molecule has 4 N–H and O–H groups in total. The highest BCUT2D eigenvalue weighted by Crippen LogP contribution is 2.49. The molecule has 1 saturated carbocycles. The summed E-state index contributed by atoms with van der Waals surface area (Å²) < 4.78 is 12.3. The first-order chi connectivity index (χ1) is 18.0. The van der Waals surface area contributed by atoms with Gasteiger partial charge in [-0.3, -0.25) is 14.5 Å². The molecule has 9 nitrogen and oxygen atoms in total. The van der Waals surface area contributed by atoms with Gasteiger partial charge in [0, 0.05) is 42.6 Å². The van der Waals surface area contributed by atoms with E-state index < -0.39 is 0 Å². The smallest absolute Gasteiger partial charge is 0.249 e. The number of hydrogen-bond donors (Lipinski definition) is 3. The van der Waals surface area contributed by atoms with Gasteiger partial charge in [0.25, 0.3) is 0 Å². The molecule has 3 aromatic heterocycles. The van der Waals surface area contributed by atoms with Gasteiger partial charge >= 0.3 is 0 Å². The van der Waals surface area contributed by atoms with Gasteiger partial charge in [-0.2, -0.15) is 0 Å². The largest absolute Gasteiger partial charge is 0.490 e. The van der Waals surface area contributed by atoms with E-state index >= 15 is 0 Å². The fraction of sp³-hybridized carbons (Fsp3) is 0.519. The number of carbonyl (C=O) groups is 1. The average molecular weight is 524 g/mol. The number of pyridine rings is 2. The topological polar surface area (TPSA) is 123 Å². The Hall–Kier alpha value is -2.95. The first kappa shape index (κ1) is 24.4. The highest BCUT2D eigenvalue weighted by Gasteiger charge is 2.33. The summed E-state index contributed by atoms with van der Waals surface area (Å²) in [6.07, 6.45) is 6.54. The molecule has 2 fully saturated rings. The SMILES string of the molecule is NC(=O)C[C@H]1CCc2sc3nc(Nc4cccc(=O)[nH]4)cc(OC4CCC(N5CCOCC5)CC4)c3c21. The minimum atomic E-state index is -0.277. The van der Waals surface area contributed by atoms with Crippen molar-refractivity contribution in [3.63, 3.8) is 0 Å². The summed E-state index contributed by atoms with van der Waals surface area (Å²) in [5.41, 5.74) is 6.60. The van der Waals surface area contributed by atoms with Crippen LogP contribution in [0.3, 0.4) is 0 Å². The van der Waals surface area contributed by atoms with Gasteiger partial charge in [-0.05, 0) is 56.1 Å². The molecule has 37 heavy (non-hydrogen) atoms. The number of primary amides is 1. The lowest BCUT2D eigenvalue weighted by Crippen LogP contribution is -2.46. The Morgan fingerprint density at radius 3 is 2.78 bits per heavy atom. The van der Waals surface area contributed by atoms with Crippen molar-refractivity contribution in [1.82, 2.24) is 14.9 Å². The number of ether oxygens (including phenoxy) is 2. The monoisotopic (exact) mass is 523 g/mol. The van der Waals surface area contributed by atoms with E-state index in [1.54, 1.807) is 23.5 Å². The number of nitrogens with one attached hydrogen (secondary N) is 2. The molecule has 1 saturated heterocycles. The Kier molecular flexibility index (Phi) is 6.88. The van der Waals surface area contributed by atoms with Crippen LogP contribution in [0.5, 0.6) is 5.75 Å². The summed E-state index contributed by atoms with van der Waals surface area (Å²) in [7, 11) is 0. The second kappa shape index (κ2) is 10.4. The number of H-pyrrole nitrogens is 1. The maximum Gasteiger partial charge on any atom is 0.249 e. The van der Waals surface area contributed by atoms with E-state index in [0.717, 1.165) is 80.8 Å². The second-order valence-electron chi connectivity index (χ2n) is 10.3. The lowest BCUT2D eigenvalue weighted by atomic mass is 9.91. The van der Waals surface area contributed by atoms with Crippen molar-refractivity contribution in [3.05, 3.63) is 45.1 Å². The molecule has 10 heteroatoms. The van der Waals surface area contributed by atoms with Gasteiger partial charge in [-0.15, -0.1) is 11.3 Å². The number of aryl methyl sites for hydroxylation is 1. The first-order valence-electron chi connectivity index (χ1n) is 13.2. The van der Waals surface area contributed by atoms with Gasteiger partial charge < -0.3 is 25.5 Å². The summed E-state index contributed by atoms with van der Waals surface area (Å²) in [6.45, 7) is 3.67. The number of amides is 1. The van der Waals surface area contributed by atoms with E-state index in [1.807, 2.05) is 6.07 Å². The molecule has 3 aromatic rings. The van der Waals surface area contributed by atoms with E-state index in [2.05, 4.69) is 15.2 Å². The Labute approximate surface area is 219 Å². The third kappa shape index (κ3) is 5.23. The van der Waals surface area contributed by atoms with Crippen LogP contribution >= 0.6 is 11.3 Å². The number of aromatic amines is 1. The van der Waals surface area contributed by atoms with Crippen LogP contribution in [-0.4, -0.2) is 59.2 Å². The van der Waals surface area contributed by atoms with Crippen molar-refractivity contribution in [3.8, 4) is 5.75 Å². The lowest BCUT2D eigenvalue weighted by molar-refractivity contribution is -0.118. The molecular weight excluding hydrogens is 490 g/mol.